The van der Waals surface area contributed by atoms with Gasteiger partial charge in [0.2, 0.25) is 0 Å². The topological polar surface area (TPSA) is 105 Å². The molecule has 2 aromatic rings. The second-order valence-electron chi connectivity index (χ2n) is 6.84. The van der Waals surface area contributed by atoms with E-state index in [9.17, 15) is 19.2 Å². The van der Waals surface area contributed by atoms with Crippen molar-refractivity contribution < 1.29 is 23.9 Å². The van der Waals surface area contributed by atoms with Gasteiger partial charge in [-0.25, -0.2) is 4.79 Å². The minimum Gasteiger partial charge on any atom is -0.450 e. The van der Waals surface area contributed by atoms with E-state index in [0.29, 0.717) is 20.6 Å². The molecule has 0 spiro atoms. The Hall–Kier alpha value is -2.72. The summed E-state index contributed by atoms with van der Waals surface area (Å²) in [6.07, 6.45) is 2.28. The number of alkyl carbamates (subject to hydrolysis) is 1. The number of piperidine rings is 1. The maximum absolute atomic E-state index is 12.8. The van der Waals surface area contributed by atoms with Crippen LogP contribution in [0.3, 0.4) is 0 Å². The first-order valence-corrected chi connectivity index (χ1v) is 11.5. The molecule has 10 heteroatoms. The number of nitrogens with zero attached hydrogens (tertiary/aromatic N) is 1. The molecule has 1 aromatic heterocycles. The van der Waals surface area contributed by atoms with Gasteiger partial charge in [-0.1, -0.05) is 0 Å². The van der Waals surface area contributed by atoms with E-state index >= 15 is 0 Å². The predicted octanol–water partition coefficient (Wildman–Crippen LogP) is 4.28. The molecule has 0 radical (unpaired) electrons. The number of benzene rings is 1. The lowest BCUT2D eigenvalue weighted by molar-refractivity contribution is 0.0723. The van der Waals surface area contributed by atoms with Gasteiger partial charge in [-0.15, -0.1) is 11.3 Å². The van der Waals surface area contributed by atoms with Gasteiger partial charge in [0.05, 0.1) is 17.7 Å². The number of thiophene rings is 1. The fourth-order valence-corrected chi connectivity index (χ4v) is 4.53. The normalized spacial score (nSPS) is 13.4. The van der Waals surface area contributed by atoms with Gasteiger partial charge < -0.3 is 15.0 Å². The van der Waals surface area contributed by atoms with Crippen LogP contribution in [0.25, 0.3) is 0 Å². The summed E-state index contributed by atoms with van der Waals surface area (Å²) in [4.78, 5) is 51.0. The van der Waals surface area contributed by atoms with Gasteiger partial charge >= 0.3 is 6.09 Å². The maximum atomic E-state index is 12.8. The third-order valence-electron chi connectivity index (χ3n) is 4.73. The Labute approximate surface area is 192 Å². The van der Waals surface area contributed by atoms with Gasteiger partial charge in [-0.05, 0) is 71.8 Å². The van der Waals surface area contributed by atoms with Crippen LogP contribution in [0, 0.1) is 0 Å². The Morgan fingerprint density at radius 3 is 2.48 bits per heavy atom. The number of halogens is 1. The third kappa shape index (κ3) is 5.71. The molecule has 3 rings (SSSR count). The molecule has 1 aliphatic heterocycles. The summed E-state index contributed by atoms with van der Waals surface area (Å²) in [7, 11) is 0. The number of nitrogens with one attached hydrogen (secondary N) is 2. The van der Waals surface area contributed by atoms with E-state index in [-0.39, 0.29) is 18.1 Å². The Morgan fingerprint density at radius 1 is 1.06 bits per heavy atom. The lowest BCUT2D eigenvalue weighted by Crippen LogP contribution is -2.35. The monoisotopic (exact) mass is 507 g/mol. The molecule has 2 heterocycles. The third-order valence-corrected chi connectivity index (χ3v) is 6.22. The van der Waals surface area contributed by atoms with Crippen molar-refractivity contribution in [2.45, 2.75) is 26.2 Å². The van der Waals surface area contributed by atoms with Gasteiger partial charge in [0.1, 0.15) is 5.00 Å². The van der Waals surface area contributed by atoms with E-state index in [2.05, 4.69) is 26.6 Å². The van der Waals surface area contributed by atoms with Crippen LogP contribution < -0.4 is 10.6 Å². The first-order chi connectivity index (χ1) is 14.9. The van der Waals surface area contributed by atoms with Crippen molar-refractivity contribution in [2.24, 2.45) is 0 Å². The van der Waals surface area contributed by atoms with Crippen molar-refractivity contribution in [3.8, 4) is 0 Å². The van der Waals surface area contributed by atoms with Crippen LogP contribution in [0.1, 0.15) is 57.3 Å². The number of anilines is 1. The van der Waals surface area contributed by atoms with Crippen LogP contribution in [0.4, 0.5) is 9.80 Å². The zero-order valence-electron chi connectivity index (χ0n) is 16.9. The van der Waals surface area contributed by atoms with E-state index in [0.717, 1.165) is 43.7 Å². The minimum absolute atomic E-state index is 0.0523. The van der Waals surface area contributed by atoms with Crippen LogP contribution >= 0.6 is 27.3 Å². The van der Waals surface area contributed by atoms with E-state index in [1.54, 1.807) is 30.5 Å². The fraction of sp³-hybridized carbons (Fsp3) is 0.333. The first-order valence-electron chi connectivity index (χ1n) is 9.86. The molecule has 0 saturated carbocycles. The standard InChI is InChI=1S/C21H22BrN3O5S/c1-2-30-21(29)24-18(27)15-8-11-31-19(15)23-17(26)14-7-6-13(12-16(14)22)20(28)25-9-4-3-5-10-25/h6-8,11-12H,2-5,9-10H2,1H3,(H,23,26)(H,24,27,29). The zero-order valence-corrected chi connectivity index (χ0v) is 19.3. The van der Waals surface area contributed by atoms with E-state index in [1.165, 1.54) is 6.07 Å². The largest absolute Gasteiger partial charge is 0.450 e. The number of carbonyl (C=O) groups is 4. The van der Waals surface area contributed by atoms with Crippen LogP contribution in [0.2, 0.25) is 0 Å². The second kappa shape index (κ2) is 10.5. The molecule has 1 aromatic carbocycles. The maximum Gasteiger partial charge on any atom is 0.414 e. The Bertz CT molecular complexity index is 1000. The molecule has 4 amide bonds. The highest BCUT2D eigenvalue weighted by molar-refractivity contribution is 9.10. The minimum atomic E-state index is -0.854. The summed E-state index contributed by atoms with van der Waals surface area (Å²) in [5.41, 5.74) is 0.982. The molecule has 164 valence electrons. The van der Waals surface area contributed by atoms with Crippen LogP contribution in [-0.2, 0) is 4.74 Å². The molecule has 0 aliphatic carbocycles. The summed E-state index contributed by atoms with van der Waals surface area (Å²) >= 11 is 4.53. The van der Waals surface area contributed by atoms with Crippen molar-refractivity contribution >= 4 is 56.1 Å². The number of rotatable bonds is 5. The molecular weight excluding hydrogens is 486 g/mol. The molecule has 0 unspecified atom stereocenters. The average molecular weight is 508 g/mol. The van der Waals surface area contributed by atoms with Crippen molar-refractivity contribution in [3.05, 3.63) is 50.8 Å². The van der Waals surface area contributed by atoms with Gasteiger partial charge in [0.15, 0.2) is 0 Å². The number of imide groups is 1. The summed E-state index contributed by atoms with van der Waals surface area (Å²) in [6.45, 7) is 3.25. The molecular formula is C21H22BrN3O5S. The second-order valence-corrected chi connectivity index (χ2v) is 8.61. The van der Waals surface area contributed by atoms with Gasteiger partial charge in [0.25, 0.3) is 17.7 Å². The van der Waals surface area contributed by atoms with Crippen LogP contribution in [-0.4, -0.2) is 48.4 Å². The smallest absolute Gasteiger partial charge is 0.414 e. The Morgan fingerprint density at radius 2 is 1.81 bits per heavy atom. The van der Waals surface area contributed by atoms with Gasteiger partial charge in [-0.3, -0.25) is 19.7 Å². The molecule has 1 fully saturated rings. The number of carbonyl (C=O) groups excluding carboxylic acids is 4. The Kier molecular flexibility index (Phi) is 7.80. The lowest BCUT2D eigenvalue weighted by Gasteiger charge is -2.26. The van der Waals surface area contributed by atoms with E-state index in [4.69, 9.17) is 4.74 Å². The molecule has 8 nitrogen and oxygen atoms in total. The van der Waals surface area contributed by atoms with E-state index in [1.807, 2.05) is 4.90 Å². The number of likely N-dealkylation sites (tertiary alicyclic amines) is 1. The highest BCUT2D eigenvalue weighted by atomic mass is 79.9. The number of amides is 4. The number of hydrogen-bond acceptors (Lipinski definition) is 6. The number of ether oxygens (including phenoxy) is 1. The zero-order chi connectivity index (χ0) is 22.4. The molecule has 31 heavy (non-hydrogen) atoms. The Balaban J connectivity index is 1.70. The molecule has 1 aliphatic rings. The van der Waals surface area contributed by atoms with Gasteiger partial charge in [-0.2, -0.15) is 0 Å². The van der Waals surface area contributed by atoms with E-state index < -0.39 is 17.9 Å². The van der Waals surface area contributed by atoms with Crippen molar-refractivity contribution in [3.63, 3.8) is 0 Å². The average Bonchev–Trinajstić information content (AvgIpc) is 3.22. The number of hydrogen-bond donors (Lipinski definition) is 2. The fourth-order valence-electron chi connectivity index (χ4n) is 3.19. The van der Waals surface area contributed by atoms with Crippen molar-refractivity contribution in [2.75, 3.05) is 25.0 Å². The summed E-state index contributed by atoms with van der Waals surface area (Å²) < 4.78 is 5.17. The first kappa shape index (κ1) is 23.0. The predicted molar refractivity (Wildman–Crippen MR) is 121 cm³/mol. The molecule has 2 N–H and O–H groups in total. The highest BCUT2D eigenvalue weighted by Crippen LogP contribution is 2.26. The summed E-state index contributed by atoms with van der Waals surface area (Å²) in [5, 5.41) is 6.72. The van der Waals surface area contributed by atoms with Gasteiger partial charge in [0, 0.05) is 23.1 Å². The molecule has 0 atom stereocenters. The van der Waals surface area contributed by atoms with Crippen molar-refractivity contribution in [1.29, 1.82) is 0 Å². The highest BCUT2D eigenvalue weighted by Gasteiger charge is 2.22. The SMILES string of the molecule is CCOC(=O)NC(=O)c1ccsc1NC(=O)c1ccc(C(=O)N2CCCCC2)cc1Br. The van der Waals surface area contributed by atoms with Crippen molar-refractivity contribution in [1.82, 2.24) is 10.2 Å². The van der Waals surface area contributed by atoms with Crippen LogP contribution in [0.15, 0.2) is 34.1 Å². The molecule has 0 bridgehead atoms. The quantitative estimate of drug-likeness (QED) is 0.628. The summed E-state index contributed by atoms with van der Waals surface area (Å²) in [6, 6.07) is 6.33. The van der Waals surface area contributed by atoms with Crippen LogP contribution in [0.5, 0.6) is 0 Å². The summed E-state index contributed by atoms with van der Waals surface area (Å²) in [5.74, 6) is -1.17. The molecule has 1 saturated heterocycles. The lowest BCUT2D eigenvalue weighted by atomic mass is 10.1.